The van der Waals surface area contributed by atoms with Crippen LogP contribution in [0.25, 0.3) is 10.8 Å². The second kappa shape index (κ2) is 4.52. The molecule has 0 aliphatic heterocycles. The lowest BCUT2D eigenvalue weighted by atomic mass is 9.80. The van der Waals surface area contributed by atoms with Crippen molar-refractivity contribution in [1.29, 1.82) is 0 Å². The van der Waals surface area contributed by atoms with Crippen LogP contribution in [0.15, 0.2) is 18.4 Å². The van der Waals surface area contributed by atoms with Crippen LogP contribution >= 0.6 is 0 Å². The van der Waals surface area contributed by atoms with Crippen molar-refractivity contribution < 1.29 is 8.83 Å². The molecule has 140 valence electrons. The summed E-state index contributed by atoms with van der Waals surface area (Å²) in [5.74, 6) is 1.28. The molecule has 2 aliphatic rings. The Morgan fingerprint density at radius 1 is 0.577 bits per heavy atom. The SMILES string of the molecule is CC1(C)CC(C)(C)c2c1oc(=O)c1c3c(oc(=O)c21)C(C)(C)CC3(C)C. The monoisotopic (exact) mass is 356 g/mol. The smallest absolute Gasteiger partial charge is 0.344 e. The average molecular weight is 356 g/mol. The molecule has 0 N–H and O–H groups in total. The highest BCUT2D eigenvalue weighted by atomic mass is 16.4. The van der Waals surface area contributed by atoms with Crippen LogP contribution in [-0.2, 0) is 21.7 Å². The largest absolute Gasteiger partial charge is 0.427 e. The lowest BCUT2D eigenvalue weighted by Crippen LogP contribution is -2.23. The van der Waals surface area contributed by atoms with Crippen molar-refractivity contribution in [2.75, 3.05) is 0 Å². The molecule has 2 heterocycles. The van der Waals surface area contributed by atoms with Crippen LogP contribution < -0.4 is 11.3 Å². The van der Waals surface area contributed by atoms with Crippen molar-refractivity contribution in [3.8, 4) is 0 Å². The van der Waals surface area contributed by atoms with E-state index in [1.807, 2.05) is 0 Å². The van der Waals surface area contributed by atoms with E-state index in [4.69, 9.17) is 8.83 Å². The minimum Gasteiger partial charge on any atom is -0.427 e. The number of rotatable bonds is 0. The Balaban J connectivity index is 2.30. The zero-order valence-corrected chi connectivity index (χ0v) is 17.0. The highest BCUT2D eigenvalue weighted by Crippen LogP contribution is 2.54. The van der Waals surface area contributed by atoms with Crippen LogP contribution in [-0.4, -0.2) is 0 Å². The summed E-state index contributed by atoms with van der Waals surface area (Å²) in [7, 11) is 0. The highest BCUT2D eigenvalue weighted by Gasteiger charge is 2.50. The summed E-state index contributed by atoms with van der Waals surface area (Å²) in [4.78, 5) is 26.2. The molecule has 4 rings (SSSR count). The van der Waals surface area contributed by atoms with Gasteiger partial charge in [0.25, 0.3) is 0 Å². The molecule has 0 radical (unpaired) electrons. The maximum Gasteiger partial charge on any atom is 0.344 e. The standard InChI is InChI=1S/C22H28O4/c1-19(2)9-21(5,6)15-13(19)11-12(18(24)25-15)14-16(26-17(11)23)22(7,8)10-20(14,3)4/h9-10H2,1-8H3. The van der Waals surface area contributed by atoms with Crippen LogP contribution in [0.3, 0.4) is 0 Å². The van der Waals surface area contributed by atoms with E-state index in [1.54, 1.807) is 0 Å². The molecule has 0 amide bonds. The maximum atomic E-state index is 13.1. The molecule has 26 heavy (non-hydrogen) atoms. The number of hydrogen-bond donors (Lipinski definition) is 0. The van der Waals surface area contributed by atoms with E-state index in [1.165, 1.54) is 0 Å². The van der Waals surface area contributed by atoms with Gasteiger partial charge in [-0.15, -0.1) is 0 Å². The van der Waals surface area contributed by atoms with Crippen LogP contribution in [0.4, 0.5) is 0 Å². The Bertz CT molecular complexity index is 987. The first-order valence-corrected chi connectivity index (χ1v) is 9.39. The van der Waals surface area contributed by atoms with Crippen LogP contribution in [0.5, 0.6) is 0 Å². The molecule has 0 aromatic carbocycles. The Kier molecular flexibility index (Phi) is 3.05. The van der Waals surface area contributed by atoms with Gasteiger partial charge in [0.15, 0.2) is 0 Å². The van der Waals surface area contributed by atoms with Crippen LogP contribution in [0.2, 0.25) is 0 Å². The van der Waals surface area contributed by atoms with E-state index < -0.39 is 11.3 Å². The van der Waals surface area contributed by atoms with E-state index in [0.29, 0.717) is 22.3 Å². The molecule has 2 aromatic rings. The summed E-state index contributed by atoms with van der Waals surface area (Å²) in [5, 5.41) is 0.882. The fraction of sp³-hybridized carbons (Fsp3) is 0.636. The number of hydrogen-bond acceptors (Lipinski definition) is 4. The van der Waals surface area contributed by atoms with Gasteiger partial charge in [0, 0.05) is 22.0 Å². The lowest BCUT2D eigenvalue weighted by molar-refractivity contribution is 0.345. The molecular formula is C22H28O4. The summed E-state index contributed by atoms with van der Waals surface area (Å²) >= 11 is 0. The summed E-state index contributed by atoms with van der Waals surface area (Å²) in [6.45, 7) is 16.7. The molecule has 2 aliphatic carbocycles. The van der Waals surface area contributed by atoms with Gasteiger partial charge < -0.3 is 8.83 Å². The van der Waals surface area contributed by atoms with Gasteiger partial charge in [0.2, 0.25) is 0 Å². The summed E-state index contributed by atoms with van der Waals surface area (Å²) in [6.07, 6.45) is 1.64. The van der Waals surface area contributed by atoms with E-state index in [9.17, 15) is 9.59 Å². The summed E-state index contributed by atoms with van der Waals surface area (Å²) in [5.41, 5.74) is -0.175. The van der Waals surface area contributed by atoms with E-state index in [0.717, 1.165) is 24.0 Å². The Morgan fingerprint density at radius 3 is 1.19 bits per heavy atom. The fourth-order valence-electron chi connectivity index (χ4n) is 6.07. The van der Waals surface area contributed by atoms with Gasteiger partial charge in [-0.3, -0.25) is 0 Å². The molecule has 0 unspecified atom stereocenters. The minimum atomic E-state index is -0.403. The van der Waals surface area contributed by atoms with Gasteiger partial charge in [0.1, 0.15) is 11.5 Å². The third kappa shape index (κ3) is 2.02. The first kappa shape index (κ1) is 17.6. The van der Waals surface area contributed by atoms with Crippen molar-refractivity contribution in [3.63, 3.8) is 0 Å². The second-order valence-corrected chi connectivity index (χ2v) is 10.8. The first-order chi connectivity index (χ1) is 11.7. The molecule has 0 fully saturated rings. The van der Waals surface area contributed by atoms with Gasteiger partial charge in [-0.05, 0) is 23.7 Å². The van der Waals surface area contributed by atoms with Gasteiger partial charge in [-0.25, -0.2) is 9.59 Å². The van der Waals surface area contributed by atoms with E-state index in [-0.39, 0.29) is 21.7 Å². The minimum absolute atomic E-state index is 0.254. The molecule has 0 bridgehead atoms. The van der Waals surface area contributed by atoms with Gasteiger partial charge >= 0.3 is 11.3 Å². The number of fused-ring (bicyclic) bond motifs is 5. The van der Waals surface area contributed by atoms with Crippen molar-refractivity contribution in [2.45, 2.75) is 89.9 Å². The molecule has 0 spiro atoms. The molecule has 4 nitrogen and oxygen atoms in total. The Hall–Kier alpha value is -1.84. The first-order valence-electron chi connectivity index (χ1n) is 9.39. The lowest BCUT2D eigenvalue weighted by Gasteiger charge is -2.23. The Labute approximate surface area is 153 Å². The van der Waals surface area contributed by atoms with Crippen molar-refractivity contribution >= 4 is 10.8 Å². The van der Waals surface area contributed by atoms with Gasteiger partial charge in [-0.2, -0.15) is 0 Å². The predicted octanol–water partition coefficient (Wildman–Crippen LogP) is 4.66. The molecule has 2 aromatic heterocycles. The third-order valence-corrected chi connectivity index (χ3v) is 6.35. The maximum absolute atomic E-state index is 13.1. The average Bonchev–Trinajstić information content (AvgIpc) is 2.73. The summed E-state index contributed by atoms with van der Waals surface area (Å²) < 4.78 is 11.8. The Morgan fingerprint density at radius 2 is 0.885 bits per heavy atom. The van der Waals surface area contributed by atoms with E-state index >= 15 is 0 Å². The summed E-state index contributed by atoms with van der Waals surface area (Å²) in [6, 6.07) is 0. The van der Waals surface area contributed by atoms with Crippen LogP contribution in [0.1, 0.15) is 90.9 Å². The molecule has 4 heteroatoms. The highest BCUT2D eigenvalue weighted by molar-refractivity contribution is 5.90. The van der Waals surface area contributed by atoms with Gasteiger partial charge in [0.05, 0.1) is 10.8 Å². The molecule has 0 saturated heterocycles. The van der Waals surface area contributed by atoms with E-state index in [2.05, 4.69) is 55.4 Å². The zero-order chi connectivity index (χ0) is 19.4. The van der Waals surface area contributed by atoms with Gasteiger partial charge in [-0.1, -0.05) is 55.4 Å². The van der Waals surface area contributed by atoms with Crippen molar-refractivity contribution in [2.24, 2.45) is 0 Å². The topological polar surface area (TPSA) is 60.4 Å². The predicted molar refractivity (Wildman–Crippen MR) is 102 cm³/mol. The van der Waals surface area contributed by atoms with Crippen molar-refractivity contribution in [3.05, 3.63) is 43.5 Å². The fourth-order valence-corrected chi connectivity index (χ4v) is 6.07. The molecular weight excluding hydrogens is 328 g/mol. The second-order valence-electron chi connectivity index (χ2n) is 10.8. The molecule has 0 atom stereocenters. The quantitative estimate of drug-likeness (QED) is 0.688. The zero-order valence-electron chi connectivity index (χ0n) is 17.0. The van der Waals surface area contributed by atoms with Crippen LogP contribution in [0, 0.1) is 0 Å². The van der Waals surface area contributed by atoms with Crippen molar-refractivity contribution in [1.82, 2.24) is 0 Å². The molecule has 0 saturated carbocycles. The third-order valence-electron chi connectivity index (χ3n) is 6.35. The normalized spacial score (nSPS) is 23.8.